The molecule has 0 spiro atoms. The second kappa shape index (κ2) is 8.87. The number of halogens is 2. The molecule has 0 aliphatic heterocycles. The number of nitrogens with zero attached hydrogens (tertiary/aromatic N) is 2. The Morgan fingerprint density at radius 2 is 1.90 bits per heavy atom. The molecule has 3 rings (SSSR count). The number of pyridine rings is 1. The first-order valence-electron chi connectivity index (χ1n) is 8.79. The predicted molar refractivity (Wildman–Crippen MR) is 109 cm³/mol. The van der Waals surface area contributed by atoms with Crippen LogP contribution in [0.5, 0.6) is 0 Å². The fraction of sp³-hybridized carbons (Fsp3) is 0.143. The van der Waals surface area contributed by atoms with Gasteiger partial charge < -0.3 is 9.30 Å². The van der Waals surface area contributed by atoms with Crippen LogP contribution in [0.4, 0.5) is 10.1 Å². The van der Waals surface area contributed by atoms with Gasteiger partial charge in [-0.05, 0) is 41.5 Å². The molecule has 3 aromatic rings. The summed E-state index contributed by atoms with van der Waals surface area (Å²) in [6.07, 6.45) is 1.47. The Morgan fingerprint density at radius 1 is 1.20 bits per heavy atom. The maximum Gasteiger partial charge on any atom is 0.329 e. The molecule has 0 N–H and O–H groups in total. The second-order valence-electron chi connectivity index (χ2n) is 6.45. The number of carbonyl (C=O) groups is 1. The Labute approximate surface area is 175 Å². The van der Waals surface area contributed by atoms with Crippen LogP contribution < -0.4 is 5.56 Å². The number of hydrogen-bond donors (Lipinski definition) is 0. The van der Waals surface area contributed by atoms with Crippen molar-refractivity contribution in [3.63, 3.8) is 0 Å². The Morgan fingerprint density at radius 3 is 2.50 bits per heavy atom. The lowest BCUT2D eigenvalue weighted by Gasteiger charge is -2.18. The summed E-state index contributed by atoms with van der Waals surface area (Å²) in [6, 6.07) is 11.3. The van der Waals surface area contributed by atoms with Gasteiger partial charge in [-0.2, -0.15) is 0 Å². The van der Waals surface area contributed by atoms with Gasteiger partial charge in [-0.25, -0.2) is 9.18 Å². The number of hydrogen-bond acceptors (Lipinski definition) is 5. The SMILES string of the molecule is COC(=O)C(Cc1ccc(F)cc1)n1ccc(-c2cc(Cl)ccc2[N+](=O)[O-])cc1=O. The zero-order chi connectivity index (χ0) is 21.8. The molecule has 0 saturated carbocycles. The molecule has 30 heavy (non-hydrogen) atoms. The largest absolute Gasteiger partial charge is 0.467 e. The number of nitro groups is 1. The smallest absolute Gasteiger partial charge is 0.329 e. The number of ether oxygens (including phenoxy) is 1. The molecule has 0 aliphatic rings. The van der Waals surface area contributed by atoms with E-state index in [-0.39, 0.29) is 28.3 Å². The lowest BCUT2D eigenvalue weighted by Crippen LogP contribution is -2.31. The van der Waals surface area contributed by atoms with Crippen LogP contribution >= 0.6 is 11.6 Å². The first-order valence-corrected chi connectivity index (χ1v) is 9.16. The van der Waals surface area contributed by atoms with Crippen molar-refractivity contribution in [3.8, 4) is 11.1 Å². The third kappa shape index (κ3) is 4.55. The number of esters is 1. The Hall–Kier alpha value is -3.52. The highest BCUT2D eigenvalue weighted by atomic mass is 35.5. The Balaban J connectivity index is 2.03. The maximum absolute atomic E-state index is 13.2. The average Bonchev–Trinajstić information content (AvgIpc) is 2.72. The van der Waals surface area contributed by atoms with Crippen molar-refractivity contribution in [2.24, 2.45) is 0 Å². The molecular weight excluding hydrogens is 415 g/mol. The third-order valence-corrected chi connectivity index (χ3v) is 4.80. The van der Waals surface area contributed by atoms with Gasteiger partial charge in [0.1, 0.15) is 11.9 Å². The highest BCUT2D eigenvalue weighted by molar-refractivity contribution is 6.31. The number of nitro benzene ring substituents is 1. The molecule has 1 aromatic heterocycles. The van der Waals surface area contributed by atoms with Crippen LogP contribution in [-0.4, -0.2) is 22.6 Å². The average molecular weight is 431 g/mol. The minimum atomic E-state index is -0.989. The van der Waals surface area contributed by atoms with Gasteiger partial charge in [-0.15, -0.1) is 0 Å². The van der Waals surface area contributed by atoms with Crippen molar-refractivity contribution < 1.29 is 18.8 Å². The molecule has 1 atom stereocenters. The van der Waals surface area contributed by atoms with E-state index < -0.39 is 28.3 Å². The number of benzene rings is 2. The van der Waals surface area contributed by atoms with E-state index >= 15 is 0 Å². The van der Waals surface area contributed by atoms with Gasteiger partial charge in [0.25, 0.3) is 11.2 Å². The molecule has 154 valence electrons. The van der Waals surface area contributed by atoms with Crippen molar-refractivity contribution in [2.75, 3.05) is 7.11 Å². The van der Waals surface area contributed by atoms with Gasteiger partial charge in [0.05, 0.1) is 17.6 Å². The summed E-state index contributed by atoms with van der Waals surface area (Å²) in [5.74, 6) is -1.07. The zero-order valence-electron chi connectivity index (χ0n) is 15.7. The van der Waals surface area contributed by atoms with E-state index in [0.29, 0.717) is 5.56 Å². The van der Waals surface area contributed by atoms with Gasteiger partial charge >= 0.3 is 5.97 Å². The molecule has 0 radical (unpaired) electrons. The molecular formula is C21H16ClFN2O5. The molecule has 1 heterocycles. The normalized spacial score (nSPS) is 11.7. The zero-order valence-corrected chi connectivity index (χ0v) is 16.5. The van der Waals surface area contributed by atoms with Crippen molar-refractivity contribution in [1.82, 2.24) is 4.57 Å². The maximum atomic E-state index is 13.2. The lowest BCUT2D eigenvalue weighted by atomic mass is 10.0. The first-order chi connectivity index (χ1) is 14.3. The van der Waals surface area contributed by atoms with Gasteiger partial charge in [0.2, 0.25) is 0 Å². The van der Waals surface area contributed by atoms with Crippen molar-refractivity contribution in [2.45, 2.75) is 12.5 Å². The summed E-state index contributed by atoms with van der Waals surface area (Å²) in [5.41, 5.74) is 0.348. The van der Waals surface area contributed by atoms with Gasteiger partial charge in [0, 0.05) is 29.8 Å². The van der Waals surface area contributed by atoms with Gasteiger partial charge in [0.15, 0.2) is 0 Å². The van der Waals surface area contributed by atoms with E-state index in [9.17, 15) is 24.1 Å². The van der Waals surface area contributed by atoms with Gasteiger partial charge in [-0.1, -0.05) is 23.7 Å². The van der Waals surface area contributed by atoms with Crippen LogP contribution in [0.3, 0.4) is 0 Å². The minimum absolute atomic E-state index is 0.101. The molecule has 0 amide bonds. The number of rotatable bonds is 6. The molecule has 2 aromatic carbocycles. The van der Waals surface area contributed by atoms with Crippen LogP contribution in [0.15, 0.2) is 65.6 Å². The molecule has 7 nitrogen and oxygen atoms in total. The van der Waals surface area contributed by atoms with Crippen LogP contribution in [0.25, 0.3) is 11.1 Å². The molecule has 0 saturated heterocycles. The molecule has 0 fully saturated rings. The minimum Gasteiger partial charge on any atom is -0.467 e. The van der Waals surface area contributed by atoms with E-state index in [1.165, 1.54) is 72.5 Å². The molecule has 1 unspecified atom stereocenters. The monoisotopic (exact) mass is 430 g/mol. The number of carbonyl (C=O) groups excluding carboxylic acids is 1. The number of methoxy groups -OCH3 is 1. The summed E-state index contributed by atoms with van der Waals surface area (Å²) in [4.78, 5) is 35.8. The Kier molecular flexibility index (Phi) is 6.27. The summed E-state index contributed by atoms with van der Waals surface area (Å²) >= 11 is 5.96. The van der Waals surface area contributed by atoms with Crippen LogP contribution in [-0.2, 0) is 16.0 Å². The van der Waals surface area contributed by atoms with Crippen LogP contribution in [0.2, 0.25) is 5.02 Å². The van der Waals surface area contributed by atoms with Crippen molar-refractivity contribution in [3.05, 3.63) is 97.7 Å². The van der Waals surface area contributed by atoms with E-state index in [2.05, 4.69) is 0 Å². The molecule has 9 heteroatoms. The quantitative estimate of drug-likeness (QED) is 0.332. The predicted octanol–water partition coefficient (Wildman–Crippen LogP) is 4.17. The van der Waals surface area contributed by atoms with Crippen LogP contribution in [0.1, 0.15) is 11.6 Å². The lowest BCUT2D eigenvalue weighted by molar-refractivity contribution is -0.384. The fourth-order valence-electron chi connectivity index (χ4n) is 3.09. The standard InChI is InChI=1S/C21H16ClFN2O5/c1-30-21(27)19(10-13-2-5-16(23)6-3-13)24-9-8-14(11-20(24)26)17-12-15(22)4-7-18(17)25(28)29/h2-9,11-12,19H,10H2,1H3. The third-order valence-electron chi connectivity index (χ3n) is 4.57. The molecule has 0 bridgehead atoms. The second-order valence-corrected chi connectivity index (χ2v) is 6.89. The highest BCUT2D eigenvalue weighted by Gasteiger charge is 2.24. The summed E-state index contributed by atoms with van der Waals surface area (Å²) in [5, 5.41) is 11.6. The Bertz CT molecular complexity index is 1160. The van der Waals surface area contributed by atoms with E-state index in [1.807, 2.05) is 0 Å². The summed E-state index contributed by atoms with van der Waals surface area (Å²) in [6.45, 7) is 0. The summed E-state index contributed by atoms with van der Waals surface area (Å²) in [7, 11) is 1.20. The van der Waals surface area contributed by atoms with E-state index in [4.69, 9.17) is 16.3 Å². The topological polar surface area (TPSA) is 91.4 Å². The highest BCUT2D eigenvalue weighted by Crippen LogP contribution is 2.31. The van der Waals surface area contributed by atoms with Crippen LogP contribution in [0, 0.1) is 15.9 Å². The first kappa shape index (κ1) is 21.2. The van der Waals surface area contributed by atoms with Crippen molar-refractivity contribution >= 4 is 23.3 Å². The van der Waals surface area contributed by atoms with Gasteiger partial charge in [-0.3, -0.25) is 14.9 Å². The van der Waals surface area contributed by atoms with E-state index in [0.717, 1.165) is 0 Å². The summed E-state index contributed by atoms with van der Waals surface area (Å²) < 4.78 is 19.2. The number of aromatic nitrogens is 1. The molecule has 0 aliphatic carbocycles. The van der Waals surface area contributed by atoms with Crippen molar-refractivity contribution in [1.29, 1.82) is 0 Å². The fourth-order valence-corrected chi connectivity index (χ4v) is 3.26. The van der Waals surface area contributed by atoms with E-state index in [1.54, 1.807) is 0 Å².